The van der Waals surface area contributed by atoms with Crippen LogP contribution in [0.4, 0.5) is 11.9 Å². The number of nitrogens with one attached hydrogen (secondary N) is 2. The van der Waals surface area contributed by atoms with Gasteiger partial charge in [0.1, 0.15) is 0 Å². The van der Waals surface area contributed by atoms with E-state index in [1.165, 1.54) is 0 Å². The Hall–Kier alpha value is -2.12. The Morgan fingerprint density at radius 1 is 1.14 bits per heavy atom. The molecule has 8 heteroatoms. The minimum Gasteiger partial charge on any atom is -0.463 e. The lowest BCUT2D eigenvalue weighted by Crippen LogP contribution is -2.24. The first-order valence-corrected chi connectivity index (χ1v) is 7.13. The smallest absolute Gasteiger partial charge is 0.323 e. The van der Waals surface area contributed by atoms with Crippen molar-refractivity contribution in [1.29, 1.82) is 0 Å². The van der Waals surface area contributed by atoms with Gasteiger partial charge in [-0.3, -0.25) is 4.79 Å². The molecule has 0 unspecified atom stereocenters. The Labute approximate surface area is 125 Å². The molecule has 0 radical (unpaired) electrons. The molecule has 0 saturated carbocycles. The summed E-state index contributed by atoms with van der Waals surface area (Å²) in [6.45, 7) is 5.68. The third-order valence-electron chi connectivity index (χ3n) is 2.51. The van der Waals surface area contributed by atoms with Gasteiger partial charge in [0, 0.05) is 33.6 Å². The van der Waals surface area contributed by atoms with E-state index in [2.05, 4.69) is 25.6 Å². The van der Waals surface area contributed by atoms with Crippen LogP contribution < -0.4 is 15.4 Å². The second kappa shape index (κ2) is 8.93. The number of carbonyl (C=O) groups excluding carboxylic acids is 1. The molecule has 1 rings (SSSR count). The van der Waals surface area contributed by atoms with Crippen LogP contribution in [0.5, 0.6) is 6.01 Å². The number of carbonyl (C=O) groups is 1. The zero-order valence-electron chi connectivity index (χ0n) is 13.1. The lowest BCUT2D eigenvalue weighted by Gasteiger charge is -2.11. The van der Waals surface area contributed by atoms with Crippen LogP contribution in [0.1, 0.15) is 26.7 Å². The largest absolute Gasteiger partial charge is 0.463 e. The number of rotatable bonds is 9. The Morgan fingerprint density at radius 2 is 1.81 bits per heavy atom. The summed E-state index contributed by atoms with van der Waals surface area (Å²) < 4.78 is 5.43. The van der Waals surface area contributed by atoms with Crippen molar-refractivity contribution in [2.24, 2.45) is 0 Å². The van der Waals surface area contributed by atoms with Crippen molar-refractivity contribution in [1.82, 2.24) is 19.9 Å². The van der Waals surface area contributed by atoms with Crippen molar-refractivity contribution in [2.75, 3.05) is 44.4 Å². The number of anilines is 2. The van der Waals surface area contributed by atoms with Crippen molar-refractivity contribution < 1.29 is 9.53 Å². The average molecular weight is 296 g/mol. The summed E-state index contributed by atoms with van der Waals surface area (Å²) in [5, 5.41) is 6.04. The third kappa shape index (κ3) is 6.24. The second-order valence-electron chi connectivity index (χ2n) is 4.61. The number of hydrogen-bond acceptors (Lipinski definition) is 7. The van der Waals surface area contributed by atoms with Gasteiger partial charge in [-0.2, -0.15) is 15.0 Å². The number of aromatic nitrogens is 3. The normalized spacial score (nSPS) is 10.1. The Balaban J connectivity index is 2.66. The first-order chi connectivity index (χ1) is 10.1. The van der Waals surface area contributed by atoms with Crippen LogP contribution in [0, 0.1) is 0 Å². The maximum absolute atomic E-state index is 11.5. The lowest BCUT2D eigenvalue weighted by atomic mass is 10.4. The van der Waals surface area contributed by atoms with Crippen molar-refractivity contribution in [3.63, 3.8) is 0 Å². The number of amides is 1. The van der Waals surface area contributed by atoms with Crippen molar-refractivity contribution in [3.8, 4) is 6.01 Å². The molecule has 8 nitrogen and oxygen atoms in total. The Bertz CT molecular complexity index is 452. The summed E-state index contributed by atoms with van der Waals surface area (Å²) in [6.07, 6.45) is 1.25. The molecule has 0 spiro atoms. The molecule has 0 aliphatic heterocycles. The first-order valence-electron chi connectivity index (χ1n) is 7.13. The molecule has 0 atom stereocenters. The van der Waals surface area contributed by atoms with E-state index in [4.69, 9.17) is 4.74 Å². The van der Waals surface area contributed by atoms with Crippen LogP contribution in [0.3, 0.4) is 0 Å². The van der Waals surface area contributed by atoms with Crippen molar-refractivity contribution >= 4 is 17.8 Å². The minimum absolute atomic E-state index is 0.0471. The molecule has 1 aromatic rings. The van der Waals surface area contributed by atoms with Crippen LogP contribution in [0.2, 0.25) is 0 Å². The molecule has 0 aromatic carbocycles. The van der Waals surface area contributed by atoms with Crippen LogP contribution >= 0.6 is 0 Å². The number of ether oxygens (including phenoxy) is 1. The van der Waals surface area contributed by atoms with Gasteiger partial charge in [0.15, 0.2) is 0 Å². The summed E-state index contributed by atoms with van der Waals surface area (Å²) in [7, 11) is 3.45. The Kier molecular flexibility index (Phi) is 7.20. The molecule has 0 saturated heterocycles. The van der Waals surface area contributed by atoms with E-state index in [1.54, 1.807) is 19.0 Å². The van der Waals surface area contributed by atoms with Crippen LogP contribution in [0.25, 0.3) is 0 Å². The maximum atomic E-state index is 11.5. The first kappa shape index (κ1) is 16.9. The standard InChI is InChI=1S/C13H24N6O2/c1-5-9-21-13-17-11(14-6-2)16-12(18-13)15-8-7-10(20)19(3)4/h5-9H2,1-4H3,(H2,14,15,16,17,18). The average Bonchev–Trinajstić information content (AvgIpc) is 2.45. The zero-order chi connectivity index (χ0) is 15.7. The fourth-order valence-electron chi connectivity index (χ4n) is 1.44. The number of hydrogen-bond donors (Lipinski definition) is 2. The van der Waals surface area contributed by atoms with E-state index >= 15 is 0 Å². The predicted octanol–water partition coefficient (Wildman–Crippen LogP) is 0.982. The molecule has 0 bridgehead atoms. The lowest BCUT2D eigenvalue weighted by molar-refractivity contribution is -0.128. The van der Waals surface area contributed by atoms with Crippen LogP contribution in [0.15, 0.2) is 0 Å². The molecule has 0 aliphatic carbocycles. The fraction of sp³-hybridized carbons (Fsp3) is 0.692. The zero-order valence-corrected chi connectivity index (χ0v) is 13.1. The summed E-state index contributed by atoms with van der Waals surface area (Å²) in [6, 6.07) is 0.282. The second-order valence-corrected chi connectivity index (χ2v) is 4.61. The van der Waals surface area contributed by atoms with Gasteiger partial charge >= 0.3 is 6.01 Å². The van der Waals surface area contributed by atoms with Crippen molar-refractivity contribution in [2.45, 2.75) is 26.7 Å². The van der Waals surface area contributed by atoms with Crippen LogP contribution in [-0.2, 0) is 4.79 Å². The third-order valence-corrected chi connectivity index (χ3v) is 2.51. The fourth-order valence-corrected chi connectivity index (χ4v) is 1.44. The predicted molar refractivity (Wildman–Crippen MR) is 81.6 cm³/mol. The molecule has 0 aliphatic rings. The Morgan fingerprint density at radius 3 is 2.38 bits per heavy atom. The molecule has 1 amide bonds. The van der Waals surface area contributed by atoms with E-state index in [0.29, 0.717) is 38.0 Å². The molecule has 1 aromatic heterocycles. The monoisotopic (exact) mass is 296 g/mol. The summed E-state index contributed by atoms with van der Waals surface area (Å²) in [5.74, 6) is 0.907. The molecule has 1 heterocycles. The van der Waals surface area contributed by atoms with E-state index in [-0.39, 0.29) is 11.9 Å². The van der Waals surface area contributed by atoms with Gasteiger partial charge in [-0.15, -0.1) is 0 Å². The summed E-state index contributed by atoms with van der Waals surface area (Å²) >= 11 is 0. The van der Waals surface area contributed by atoms with Crippen LogP contribution in [-0.4, -0.2) is 59.6 Å². The van der Waals surface area contributed by atoms with Gasteiger partial charge in [0.25, 0.3) is 0 Å². The van der Waals surface area contributed by atoms with E-state index in [0.717, 1.165) is 6.42 Å². The van der Waals surface area contributed by atoms with E-state index in [9.17, 15) is 4.79 Å². The quantitative estimate of drug-likeness (QED) is 0.701. The SMILES string of the molecule is CCCOc1nc(NCC)nc(NCCC(=O)N(C)C)n1. The molecule has 118 valence electrons. The molecule has 2 N–H and O–H groups in total. The van der Waals surface area contributed by atoms with E-state index in [1.807, 2.05) is 13.8 Å². The van der Waals surface area contributed by atoms with Gasteiger partial charge in [-0.05, 0) is 13.3 Å². The minimum atomic E-state index is 0.0471. The van der Waals surface area contributed by atoms with Gasteiger partial charge < -0.3 is 20.3 Å². The number of nitrogens with zero attached hydrogens (tertiary/aromatic N) is 4. The summed E-state index contributed by atoms with van der Waals surface area (Å²) in [5.41, 5.74) is 0. The summed E-state index contributed by atoms with van der Waals surface area (Å²) in [4.78, 5) is 25.6. The molecular weight excluding hydrogens is 272 g/mol. The van der Waals surface area contributed by atoms with Gasteiger partial charge in [-0.25, -0.2) is 0 Å². The highest BCUT2D eigenvalue weighted by molar-refractivity contribution is 5.75. The highest BCUT2D eigenvalue weighted by atomic mass is 16.5. The highest BCUT2D eigenvalue weighted by Crippen LogP contribution is 2.11. The van der Waals surface area contributed by atoms with Gasteiger partial charge in [0.05, 0.1) is 6.61 Å². The van der Waals surface area contributed by atoms with E-state index < -0.39 is 0 Å². The molecule has 21 heavy (non-hydrogen) atoms. The van der Waals surface area contributed by atoms with Gasteiger partial charge in [-0.1, -0.05) is 6.92 Å². The maximum Gasteiger partial charge on any atom is 0.323 e. The molecular formula is C13H24N6O2. The topological polar surface area (TPSA) is 92.3 Å². The van der Waals surface area contributed by atoms with Gasteiger partial charge in [0.2, 0.25) is 17.8 Å². The highest BCUT2D eigenvalue weighted by Gasteiger charge is 2.08. The van der Waals surface area contributed by atoms with Crippen molar-refractivity contribution in [3.05, 3.63) is 0 Å². The molecule has 0 fully saturated rings.